The quantitative estimate of drug-likeness (QED) is 0.597. The van der Waals surface area contributed by atoms with Crippen molar-refractivity contribution in [2.24, 2.45) is 0 Å². The van der Waals surface area contributed by atoms with Gasteiger partial charge in [-0.25, -0.2) is 0 Å². The van der Waals surface area contributed by atoms with E-state index in [1.165, 1.54) is 25.9 Å². The molecular weight excluding hydrogens is 222 g/mol. The molecule has 0 amide bonds. The van der Waals surface area contributed by atoms with Crippen molar-refractivity contribution in [2.75, 3.05) is 20.1 Å². The Balaban J connectivity index is 0.00000121. The molecule has 0 aromatic carbocycles. The number of likely N-dealkylation sites (tertiary alicyclic amines) is 1. The maximum atomic E-state index is 4.31. The van der Waals surface area contributed by atoms with Gasteiger partial charge in [0.2, 0.25) is 0 Å². The molecule has 1 aliphatic rings. The van der Waals surface area contributed by atoms with E-state index in [0.29, 0.717) is 12.1 Å². The summed E-state index contributed by atoms with van der Waals surface area (Å²) in [6.07, 6.45) is 2.52. The van der Waals surface area contributed by atoms with Crippen molar-refractivity contribution in [3.8, 4) is 0 Å². The Bertz CT molecular complexity index is 109. The van der Waals surface area contributed by atoms with E-state index in [-0.39, 0.29) is 58.2 Å². The SMILES string of the molecule is C[N-]C1CCN(C(C)C)CC1.[Rb+]. The molecule has 0 radical (unpaired) electrons. The first kappa shape index (κ1) is 13.7. The predicted molar refractivity (Wildman–Crippen MR) is 49.0 cm³/mol. The van der Waals surface area contributed by atoms with Gasteiger partial charge < -0.3 is 10.2 Å². The second kappa shape index (κ2) is 7.07. The molecule has 0 N–H and O–H groups in total. The van der Waals surface area contributed by atoms with Crippen molar-refractivity contribution < 1.29 is 58.2 Å². The molecule has 1 heterocycles. The molecule has 66 valence electrons. The van der Waals surface area contributed by atoms with Crippen LogP contribution in [-0.4, -0.2) is 37.1 Å². The molecule has 3 heteroatoms. The number of nitrogens with zero attached hydrogens (tertiary/aromatic N) is 2. The average Bonchev–Trinajstić information content (AvgIpc) is 2.05. The summed E-state index contributed by atoms with van der Waals surface area (Å²) in [5, 5.41) is 4.31. The standard InChI is InChI=1S/C9H19N2.Rb/c1-8(2)11-6-4-9(10-3)5-7-11;/h8-9H,4-7H2,1-3H3;/q-1;+1. The number of piperidine rings is 1. The smallest absolute Gasteiger partial charge is 0.662 e. The zero-order valence-corrected chi connectivity index (χ0v) is 13.8. The van der Waals surface area contributed by atoms with Crippen LogP contribution in [0.3, 0.4) is 0 Å². The second-order valence-electron chi connectivity index (χ2n) is 3.62. The minimum absolute atomic E-state index is 0. The second-order valence-corrected chi connectivity index (χ2v) is 3.62. The van der Waals surface area contributed by atoms with Gasteiger partial charge in [0.15, 0.2) is 0 Å². The third kappa shape index (κ3) is 4.29. The fourth-order valence-electron chi connectivity index (χ4n) is 1.66. The molecule has 0 aromatic rings. The Hall–Kier alpha value is 1.73. The van der Waals surface area contributed by atoms with Crippen molar-refractivity contribution in [3.63, 3.8) is 0 Å². The van der Waals surface area contributed by atoms with E-state index in [2.05, 4.69) is 24.1 Å². The number of hydrogen-bond donors (Lipinski definition) is 0. The van der Waals surface area contributed by atoms with E-state index < -0.39 is 0 Å². The molecule has 1 rings (SSSR count). The summed E-state index contributed by atoms with van der Waals surface area (Å²) in [6.45, 7) is 7.01. The van der Waals surface area contributed by atoms with Gasteiger partial charge in [-0.1, -0.05) is 12.8 Å². The zero-order valence-electron chi connectivity index (χ0n) is 8.88. The van der Waals surface area contributed by atoms with Crippen molar-refractivity contribution >= 4 is 0 Å². The van der Waals surface area contributed by atoms with Crippen LogP contribution in [0, 0.1) is 0 Å². The van der Waals surface area contributed by atoms with Gasteiger partial charge in [0.25, 0.3) is 0 Å². The molecule has 2 nitrogen and oxygen atoms in total. The van der Waals surface area contributed by atoms with Crippen LogP contribution >= 0.6 is 0 Å². The minimum atomic E-state index is 0. The average molecular weight is 241 g/mol. The van der Waals surface area contributed by atoms with Crippen molar-refractivity contribution in [1.29, 1.82) is 0 Å². The van der Waals surface area contributed by atoms with E-state index in [9.17, 15) is 0 Å². The maximum Gasteiger partial charge on any atom is 1.00 e. The van der Waals surface area contributed by atoms with Crippen LogP contribution < -0.4 is 58.2 Å². The maximum absolute atomic E-state index is 4.31. The van der Waals surface area contributed by atoms with Gasteiger partial charge in [0, 0.05) is 6.04 Å². The number of rotatable bonds is 2. The summed E-state index contributed by atoms with van der Waals surface area (Å²) in [5.74, 6) is 0. The Kier molecular flexibility index (Phi) is 8.09. The topological polar surface area (TPSA) is 17.3 Å². The summed E-state index contributed by atoms with van der Waals surface area (Å²) in [5.41, 5.74) is 0. The van der Waals surface area contributed by atoms with Crippen LogP contribution in [-0.2, 0) is 0 Å². The van der Waals surface area contributed by atoms with Crippen LogP contribution in [0.4, 0.5) is 0 Å². The third-order valence-electron chi connectivity index (χ3n) is 2.59. The van der Waals surface area contributed by atoms with Crippen molar-refractivity contribution in [3.05, 3.63) is 5.32 Å². The Labute approximate surface area is 125 Å². The summed E-state index contributed by atoms with van der Waals surface area (Å²) < 4.78 is 0. The molecule has 1 saturated heterocycles. The summed E-state index contributed by atoms with van der Waals surface area (Å²) in [6, 6.07) is 1.36. The minimum Gasteiger partial charge on any atom is -0.662 e. The van der Waals surface area contributed by atoms with Crippen molar-refractivity contribution in [2.45, 2.75) is 38.8 Å². The Morgan fingerprint density at radius 1 is 1.25 bits per heavy atom. The van der Waals surface area contributed by atoms with Gasteiger partial charge in [-0.15, -0.1) is 6.04 Å². The first-order valence-electron chi connectivity index (χ1n) is 4.57. The Morgan fingerprint density at radius 2 is 1.75 bits per heavy atom. The third-order valence-corrected chi connectivity index (χ3v) is 2.59. The predicted octanol–water partition coefficient (Wildman–Crippen LogP) is -1.13. The molecule has 0 unspecified atom stereocenters. The van der Waals surface area contributed by atoms with E-state index >= 15 is 0 Å². The van der Waals surface area contributed by atoms with E-state index in [1.807, 2.05) is 7.05 Å². The number of hydrogen-bond acceptors (Lipinski definition) is 1. The van der Waals surface area contributed by atoms with Gasteiger partial charge in [-0.2, -0.15) is 7.05 Å². The van der Waals surface area contributed by atoms with Gasteiger partial charge in [-0.05, 0) is 26.9 Å². The van der Waals surface area contributed by atoms with Gasteiger partial charge in [-0.3, -0.25) is 0 Å². The monoisotopic (exact) mass is 240 g/mol. The Morgan fingerprint density at radius 3 is 2.08 bits per heavy atom. The van der Waals surface area contributed by atoms with Crippen LogP contribution in [0.15, 0.2) is 0 Å². The summed E-state index contributed by atoms with van der Waals surface area (Å²) >= 11 is 0. The molecule has 1 fully saturated rings. The molecular formula is C9H19N2Rb. The largest absolute Gasteiger partial charge is 1.00 e. The van der Waals surface area contributed by atoms with Gasteiger partial charge in [0.05, 0.1) is 0 Å². The van der Waals surface area contributed by atoms with Gasteiger partial charge in [0.1, 0.15) is 0 Å². The normalized spacial score (nSPS) is 21.0. The molecule has 0 atom stereocenters. The first-order valence-corrected chi connectivity index (χ1v) is 4.57. The van der Waals surface area contributed by atoms with Crippen LogP contribution in [0.5, 0.6) is 0 Å². The molecule has 0 spiro atoms. The van der Waals surface area contributed by atoms with E-state index in [0.717, 1.165) is 0 Å². The van der Waals surface area contributed by atoms with Gasteiger partial charge >= 0.3 is 58.2 Å². The van der Waals surface area contributed by atoms with Crippen LogP contribution in [0.2, 0.25) is 0 Å². The van der Waals surface area contributed by atoms with Crippen LogP contribution in [0.1, 0.15) is 26.7 Å². The molecule has 0 aliphatic carbocycles. The van der Waals surface area contributed by atoms with Crippen molar-refractivity contribution in [1.82, 2.24) is 4.90 Å². The van der Waals surface area contributed by atoms with E-state index in [1.54, 1.807) is 0 Å². The summed E-state index contributed by atoms with van der Waals surface area (Å²) in [7, 11) is 1.94. The summed E-state index contributed by atoms with van der Waals surface area (Å²) in [4.78, 5) is 2.53. The van der Waals surface area contributed by atoms with Crippen LogP contribution in [0.25, 0.3) is 5.32 Å². The molecule has 12 heavy (non-hydrogen) atoms. The fourth-order valence-corrected chi connectivity index (χ4v) is 1.66. The molecule has 1 aliphatic heterocycles. The molecule has 0 saturated carbocycles. The van der Waals surface area contributed by atoms with E-state index in [4.69, 9.17) is 0 Å². The zero-order chi connectivity index (χ0) is 8.27. The first-order chi connectivity index (χ1) is 5.24. The molecule has 0 aromatic heterocycles. The molecule has 0 bridgehead atoms. The fraction of sp³-hybridized carbons (Fsp3) is 1.00.